The fraction of sp³-hybridized carbons (Fsp3) is 0.762. The average Bonchev–Trinajstić information content (AvgIpc) is 2.64. The fourth-order valence-electron chi connectivity index (χ4n) is 2.96. The SMILES string of the molecule is Cc1cc(C(C)(C)O[Si](C)(C)C(C)(C)C)ncc1B1OC(C)(C)C(C)(C)O1. The van der Waals surface area contributed by atoms with Crippen molar-refractivity contribution in [2.75, 3.05) is 0 Å². The zero-order chi connectivity index (χ0) is 21.1. The molecule has 152 valence electrons. The molecule has 0 atom stereocenters. The van der Waals surface area contributed by atoms with Crippen molar-refractivity contribution >= 4 is 20.9 Å². The third kappa shape index (κ3) is 4.34. The van der Waals surface area contributed by atoms with Gasteiger partial charge in [0.05, 0.1) is 22.5 Å². The van der Waals surface area contributed by atoms with Gasteiger partial charge in [0.2, 0.25) is 0 Å². The van der Waals surface area contributed by atoms with Crippen molar-refractivity contribution in [3.63, 3.8) is 0 Å². The topological polar surface area (TPSA) is 40.6 Å². The molecule has 1 aromatic heterocycles. The van der Waals surface area contributed by atoms with Gasteiger partial charge in [-0.2, -0.15) is 0 Å². The first-order chi connectivity index (χ1) is 11.9. The third-order valence-electron chi connectivity index (χ3n) is 6.59. The van der Waals surface area contributed by atoms with Gasteiger partial charge in [-0.05, 0) is 78.2 Å². The minimum absolute atomic E-state index is 0.155. The van der Waals surface area contributed by atoms with Gasteiger partial charge in [-0.25, -0.2) is 0 Å². The summed E-state index contributed by atoms with van der Waals surface area (Å²) in [4.78, 5) is 4.75. The number of hydrogen-bond acceptors (Lipinski definition) is 4. The van der Waals surface area contributed by atoms with Crippen LogP contribution in [-0.2, 0) is 19.3 Å². The van der Waals surface area contributed by atoms with Crippen molar-refractivity contribution in [3.8, 4) is 0 Å². The van der Waals surface area contributed by atoms with E-state index in [1.165, 1.54) is 0 Å². The fourth-order valence-corrected chi connectivity index (χ4v) is 4.64. The Morgan fingerprint density at radius 1 is 1.00 bits per heavy atom. The van der Waals surface area contributed by atoms with Gasteiger partial charge >= 0.3 is 7.12 Å². The molecule has 0 saturated carbocycles. The van der Waals surface area contributed by atoms with Gasteiger partial charge < -0.3 is 13.7 Å². The molecule has 0 bridgehead atoms. The summed E-state index contributed by atoms with van der Waals surface area (Å²) in [5, 5.41) is 0.155. The van der Waals surface area contributed by atoms with Gasteiger partial charge in [0.25, 0.3) is 0 Å². The van der Waals surface area contributed by atoms with Crippen LogP contribution in [0.1, 0.15) is 73.6 Å². The maximum atomic E-state index is 6.68. The second-order valence-electron chi connectivity index (χ2n) is 10.9. The Bertz CT molecular complexity index is 692. The van der Waals surface area contributed by atoms with E-state index in [4.69, 9.17) is 18.7 Å². The predicted octanol–water partition coefficient (Wildman–Crippen LogP) is 4.95. The molecule has 0 aliphatic carbocycles. The summed E-state index contributed by atoms with van der Waals surface area (Å²) in [5.41, 5.74) is 1.90. The van der Waals surface area contributed by atoms with Gasteiger partial charge in [-0.3, -0.25) is 4.98 Å². The first kappa shape index (κ1) is 22.6. The number of aromatic nitrogens is 1. The number of aryl methyl sites for hydroxylation is 1. The van der Waals surface area contributed by atoms with E-state index in [0.717, 1.165) is 16.7 Å². The lowest BCUT2D eigenvalue weighted by atomic mass is 9.77. The molecule has 0 amide bonds. The Kier molecular flexibility index (Phi) is 5.59. The van der Waals surface area contributed by atoms with Crippen LogP contribution < -0.4 is 5.46 Å². The van der Waals surface area contributed by atoms with Gasteiger partial charge in [0.1, 0.15) is 0 Å². The lowest BCUT2D eigenvalue weighted by Gasteiger charge is -2.42. The summed E-state index contributed by atoms with van der Waals surface area (Å²) in [6, 6.07) is 2.12. The molecule has 2 rings (SSSR count). The van der Waals surface area contributed by atoms with E-state index in [2.05, 4.69) is 88.4 Å². The molecule has 0 spiro atoms. The van der Waals surface area contributed by atoms with Crippen LogP contribution in [0.5, 0.6) is 0 Å². The van der Waals surface area contributed by atoms with Gasteiger partial charge in [0.15, 0.2) is 8.32 Å². The number of hydrogen-bond donors (Lipinski definition) is 0. The van der Waals surface area contributed by atoms with Crippen LogP contribution in [0.25, 0.3) is 0 Å². The minimum Gasteiger partial charge on any atom is -0.406 e. The molecule has 2 heterocycles. The zero-order valence-corrected chi connectivity index (χ0v) is 20.4. The number of nitrogens with zero attached hydrogens (tertiary/aromatic N) is 1. The third-order valence-corrected chi connectivity index (χ3v) is 11.2. The van der Waals surface area contributed by atoms with Crippen molar-refractivity contribution in [1.82, 2.24) is 4.98 Å². The van der Waals surface area contributed by atoms with Crippen LogP contribution in [-0.4, -0.2) is 31.6 Å². The lowest BCUT2D eigenvalue weighted by molar-refractivity contribution is 0.00578. The van der Waals surface area contributed by atoms with Crippen LogP contribution >= 0.6 is 0 Å². The molecule has 4 nitrogen and oxygen atoms in total. The van der Waals surface area contributed by atoms with Crippen molar-refractivity contribution in [2.45, 2.75) is 104 Å². The maximum Gasteiger partial charge on any atom is 0.496 e. The zero-order valence-electron chi connectivity index (χ0n) is 19.4. The summed E-state index contributed by atoms with van der Waals surface area (Å²) in [7, 11) is -2.30. The van der Waals surface area contributed by atoms with E-state index in [0.29, 0.717) is 0 Å². The molecule has 1 aromatic rings. The van der Waals surface area contributed by atoms with E-state index in [1.807, 2.05) is 6.20 Å². The molecule has 1 aliphatic rings. The van der Waals surface area contributed by atoms with Gasteiger partial charge in [-0.1, -0.05) is 20.8 Å². The van der Waals surface area contributed by atoms with Crippen LogP contribution in [0.2, 0.25) is 18.1 Å². The monoisotopic (exact) mass is 391 g/mol. The molecule has 0 radical (unpaired) electrons. The van der Waals surface area contributed by atoms with E-state index in [9.17, 15) is 0 Å². The maximum absolute atomic E-state index is 6.68. The van der Waals surface area contributed by atoms with E-state index in [-0.39, 0.29) is 23.4 Å². The van der Waals surface area contributed by atoms with Crippen LogP contribution in [0.15, 0.2) is 12.3 Å². The normalized spacial score (nSPS) is 20.2. The molecule has 0 N–H and O–H groups in total. The molecule has 27 heavy (non-hydrogen) atoms. The highest BCUT2D eigenvalue weighted by Crippen LogP contribution is 2.41. The highest BCUT2D eigenvalue weighted by molar-refractivity contribution is 6.74. The molecule has 1 saturated heterocycles. The standard InChI is InChI=1S/C21H38BNO3Si/c1-15-13-17(19(5,6)26-27(11,12)18(2,3)4)23-14-16(15)22-24-20(7,8)21(9,10)25-22/h13-14H,1-12H3. The first-order valence-electron chi connectivity index (χ1n) is 9.92. The van der Waals surface area contributed by atoms with Crippen molar-refractivity contribution in [1.29, 1.82) is 0 Å². The molecule has 1 fully saturated rings. The minimum atomic E-state index is -1.91. The summed E-state index contributed by atoms with van der Waals surface area (Å²) in [6.07, 6.45) is 1.89. The van der Waals surface area contributed by atoms with Crippen LogP contribution in [0, 0.1) is 6.92 Å². The van der Waals surface area contributed by atoms with Crippen molar-refractivity contribution in [2.24, 2.45) is 0 Å². The average molecular weight is 391 g/mol. The molecule has 0 unspecified atom stereocenters. The number of pyridine rings is 1. The molecule has 1 aliphatic heterocycles. The van der Waals surface area contributed by atoms with E-state index in [1.54, 1.807) is 0 Å². The Balaban J connectivity index is 2.29. The van der Waals surface area contributed by atoms with E-state index >= 15 is 0 Å². The first-order valence-corrected chi connectivity index (χ1v) is 12.8. The lowest BCUT2D eigenvalue weighted by Crippen LogP contribution is -2.47. The second-order valence-corrected chi connectivity index (χ2v) is 15.6. The molecular formula is C21H38BNO3Si. The Morgan fingerprint density at radius 3 is 1.89 bits per heavy atom. The second kappa shape index (κ2) is 6.68. The predicted molar refractivity (Wildman–Crippen MR) is 116 cm³/mol. The van der Waals surface area contributed by atoms with Crippen molar-refractivity contribution < 1.29 is 13.7 Å². The Hall–Kier alpha value is -0.688. The molecule has 6 heteroatoms. The summed E-state index contributed by atoms with van der Waals surface area (Å²) in [5.74, 6) is 0. The summed E-state index contributed by atoms with van der Waals surface area (Å²) < 4.78 is 19.1. The number of rotatable bonds is 4. The quantitative estimate of drug-likeness (QED) is 0.681. The molecular weight excluding hydrogens is 353 g/mol. The summed E-state index contributed by atoms with van der Waals surface area (Å²) in [6.45, 7) is 25.9. The highest BCUT2D eigenvalue weighted by Gasteiger charge is 2.52. The summed E-state index contributed by atoms with van der Waals surface area (Å²) >= 11 is 0. The van der Waals surface area contributed by atoms with Gasteiger partial charge in [-0.15, -0.1) is 0 Å². The van der Waals surface area contributed by atoms with E-state index < -0.39 is 13.9 Å². The van der Waals surface area contributed by atoms with Crippen LogP contribution in [0.4, 0.5) is 0 Å². The highest BCUT2D eigenvalue weighted by atomic mass is 28.4. The van der Waals surface area contributed by atoms with Gasteiger partial charge in [0, 0.05) is 11.7 Å². The largest absolute Gasteiger partial charge is 0.496 e. The van der Waals surface area contributed by atoms with Crippen LogP contribution in [0.3, 0.4) is 0 Å². The molecule has 0 aromatic carbocycles. The van der Waals surface area contributed by atoms with Crippen molar-refractivity contribution in [3.05, 3.63) is 23.5 Å². The smallest absolute Gasteiger partial charge is 0.406 e. The Morgan fingerprint density at radius 2 is 1.48 bits per heavy atom. The Labute approximate surface area is 167 Å².